The summed E-state index contributed by atoms with van der Waals surface area (Å²) in [4.78, 5) is 14.8. The number of benzene rings is 4. The van der Waals surface area contributed by atoms with Crippen LogP contribution in [0, 0.1) is 0 Å². The van der Waals surface area contributed by atoms with Gasteiger partial charge in [0.1, 0.15) is 17.4 Å². The summed E-state index contributed by atoms with van der Waals surface area (Å²) in [6.07, 6.45) is 0. The molecule has 1 saturated heterocycles. The average Bonchev–Trinajstić information content (AvgIpc) is 3.00. The SMILES string of the molecule is COc1ccc(Nc2nc(CN3CCN(C(c4ccc(Cl)cc4)c4ccc(Cl)cc4)CC3)nc3ccccc23)cc1. The highest BCUT2D eigenvalue weighted by Crippen LogP contribution is 2.32. The fraction of sp³-hybridized carbons (Fsp3) is 0.212. The maximum absolute atomic E-state index is 6.21. The number of methoxy groups -OCH3 is 1. The van der Waals surface area contributed by atoms with Crippen LogP contribution in [0.3, 0.4) is 0 Å². The van der Waals surface area contributed by atoms with Crippen LogP contribution in [0.4, 0.5) is 11.5 Å². The lowest BCUT2D eigenvalue weighted by Crippen LogP contribution is -2.47. The molecule has 0 atom stereocenters. The van der Waals surface area contributed by atoms with Crippen LogP contribution in [0.15, 0.2) is 97.1 Å². The molecule has 1 fully saturated rings. The summed E-state index contributed by atoms with van der Waals surface area (Å²) in [6.45, 7) is 4.34. The summed E-state index contributed by atoms with van der Waals surface area (Å²) in [5, 5.41) is 5.96. The van der Waals surface area contributed by atoms with Gasteiger partial charge in [0, 0.05) is 47.3 Å². The molecule has 6 nitrogen and oxygen atoms in total. The number of aromatic nitrogens is 2. The number of anilines is 2. The van der Waals surface area contributed by atoms with Gasteiger partial charge in [-0.05, 0) is 71.8 Å². The van der Waals surface area contributed by atoms with Crippen LogP contribution in [0.5, 0.6) is 5.75 Å². The second-order valence-electron chi connectivity index (χ2n) is 10.2. The molecule has 2 heterocycles. The van der Waals surface area contributed by atoms with Crippen LogP contribution in [0.25, 0.3) is 10.9 Å². The average molecular weight is 585 g/mol. The summed E-state index contributed by atoms with van der Waals surface area (Å²) < 4.78 is 5.30. The summed E-state index contributed by atoms with van der Waals surface area (Å²) in [6, 6.07) is 32.4. The summed E-state index contributed by atoms with van der Waals surface area (Å²) in [5.74, 6) is 2.43. The fourth-order valence-electron chi connectivity index (χ4n) is 5.39. The van der Waals surface area contributed by atoms with Crippen molar-refractivity contribution in [1.82, 2.24) is 19.8 Å². The van der Waals surface area contributed by atoms with Gasteiger partial charge in [-0.3, -0.25) is 9.80 Å². The number of nitrogens with zero attached hydrogens (tertiary/aromatic N) is 4. The molecule has 1 aromatic heterocycles. The highest BCUT2D eigenvalue weighted by molar-refractivity contribution is 6.30. The maximum atomic E-state index is 6.21. The van der Waals surface area contributed by atoms with Crippen LogP contribution < -0.4 is 10.1 Å². The molecule has 0 saturated carbocycles. The Balaban J connectivity index is 1.19. The second kappa shape index (κ2) is 12.5. The van der Waals surface area contributed by atoms with E-state index < -0.39 is 0 Å². The molecule has 0 radical (unpaired) electrons. The van der Waals surface area contributed by atoms with E-state index in [0.29, 0.717) is 6.54 Å². The molecular formula is C33H31Cl2N5O. The smallest absolute Gasteiger partial charge is 0.145 e. The lowest BCUT2D eigenvalue weighted by Gasteiger charge is -2.39. The first-order valence-corrected chi connectivity index (χ1v) is 14.5. The third kappa shape index (κ3) is 6.47. The topological polar surface area (TPSA) is 53.5 Å². The van der Waals surface area contributed by atoms with Gasteiger partial charge in [0.2, 0.25) is 0 Å². The van der Waals surface area contributed by atoms with Crippen molar-refractivity contribution in [3.63, 3.8) is 0 Å². The van der Waals surface area contributed by atoms with Crippen molar-refractivity contribution in [2.24, 2.45) is 0 Å². The van der Waals surface area contributed by atoms with Gasteiger partial charge >= 0.3 is 0 Å². The molecule has 0 aliphatic carbocycles. The van der Waals surface area contributed by atoms with Crippen molar-refractivity contribution in [3.8, 4) is 5.75 Å². The Kier molecular flexibility index (Phi) is 8.35. The minimum atomic E-state index is 0.129. The van der Waals surface area contributed by atoms with Gasteiger partial charge in [-0.15, -0.1) is 0 Å². The maximum Gasteiger partial charge on any atom is 0.145 e. The predicted molar refractivity (Wildman–Crippen MR) is 167 cm³/mol. The molecule has 1 N–H and O–H groups in total. The Morgan fingerprint density at radius 1 is 0.756 bits per heavy atom. The van der Waals surface area contributed by atoms with Gasteiger partial charge in [0.15, 0.2) is 0 Å². The number of para-hydroxylation sites is 1. The van der Waals surface area contributed by atoms with Gasteiger partial charge in [-0.1, -0.05) is 59.6 Å². The first-order chi connectivity index (χ1) is 20.1. The van der Waals surface area contributed by atoms with Crippen LogP contribution >= 0.6 is 23.2 Å². The highest BCUT2D eigenvalue weighted by Gasteiger charge is 2.27. The molecule has 0 unspecified atom stereocenters. The van der Waals surface area contributed by atoms with Gasteiger partial charge in [0.05, 0.1) is 25.2 Å². The van der Waals surface area contributed by atoms with Gasteiger partial charge in [0.25, 0.3) is 0 Å². The van der Waals surface area contributed by atoms with Crippen LogP contribution in [0.1, 0.15) is 23.0 Å². The molecule has 8 heteroatoms. The number of hydrogen-bond donors (Lipinski definition) is 1. The zero-order valence-electron chi connectivity index (χ0n) is 22.8. The first-order valence-electron chi connectivity index (χ1n) is 13.7. The van der Waals surface area contributed by atoms with Crippen molar-refractivity contribution >= 4 is 45.6 Å². The molecule has 1 aliphatic heterocycles. The standard InChI is InChI=1S/C33H31Cl2N5O/c1-41-28-16-14-27(15-17-28)36-33-29-4-2-3-5-30(29)37-31(38-33)22-39-18-20-40(21-19-39)32(23-6-10-25(34)11-7-23)24-8-12-26(35)13-9-24/h2-17,32H,18-22H2,1H3,(H,36,37,38). The molecule has 208 valence electrons. The Morgan fingerprint density at radius 3 is 1.98 bits per heavy atom. The van der Waals surface area contributed by atoms with Crippen LogP contribution in [-0.4, -0.2) is 53.1 Å². The molecule has 41 heavy (non-hydrogen) atoms. The minimum absolute atomic E-state index is 0.129. The number of ether oxygens (including phenoxy) is 1. The molecule has 0 spiro atoms. The zero-order valence-corrected chi connectivity index (χ0v) is 24.3. The van der Waals surface area contributed by atoms with Gasteiger partial charge in [-0.25, -0.2) is 9.97 Å². The molecule has 0 bridgehead atoms. The normalized spacial score (nSPS) is 14.4. The Morgan fingerprint density at radius 2 is 1.37 bits per heavy atom. The third-order valence-corrected chi connectivity index (χ3v) is 8.01. The summed E-state index contributed by atoms with van der Waals surface area (Å²) in [7, 11) is 1.67. The summed E-state index contributed by atoms with van der Waals surface area (Å²) >= 11 is 12.4. The highest BCUT2D eigenvalue weighted by atomic mass is 35.5. The van der Waals surface area contributed by atoms with E-state index in [9.17, 15) is 0 Å². The number of hydrogen-bond acceptors (Lipinski definition) is 6. The molecule has 4 aromatic carbocycles. The lowest BCUT2D eigenvalue weighted by molar-refractivity contribution is 0.103. The number of fused-ring (bicyclic) bond motifs is 1. The molecule has 0 amide bonds. The van der Waals surface area contributed by atoms with Crippen molar-refractivity contribution < 1.29 is 4.74 Å². The number of piperazine rings is 1. The van der Waals surface area contributed by atoms with E-state index in [1.165, 1.54) is 11.1 Å². The predicted octanol–water partition coefficient (Wildman–Crippen LogP) is 7.60. The van der Waals surface area contributed by atoms with Crippen molar-refractivity contribution in [2.45, 2.75) is 12.6 Å². The van der Waals surface area contributed by atoms with E-state index in [4.69, 9.17) is 37.9 Å². The first kappa shape index (κ1) is 27.5. The lowest BCUT2D eigenvalue weighted by atomic mass is 9.96. The van der Waals surface area contributed by atoms with E-state index in [-0.39, 0.29) is 6.04 Å². The van der Waals surface area contributed by atoms with Crippen LogP contribution in [-0.2, 0) is 6.54 Å². The Hall–Kier alpha value is -3.68. The molecular weight excluding hydrogens is 553 g/mol. The number of halogens is 2. The van der Waals surface area contributed by atoms with Crippen molar-refractivity contribution in [1.29, 1.82) is 0 Å². The zero-order chi connectivity index (χ0) is 28.2. The van der Waals surface area contributed by atoms with Crippen LogP contribution in [0.2, 0.25) is 10.0 Å². The Bertz CT molecular complexity index is 1560. The molecule has 5 aromatic rings. The monoisotopic (exact) mass is 583 g/mol. The minimum Gasteiger partial charge on any atom is -0.497 e. The Labute approximate surface area is 250 Å². The van der Waals surface area contributed by atoms with E-state index >= 15 is 0 Å². The molecule has 6 rings (SSSR count). The van der Waals surface area contributed by atoms with Gasteiger partial charge < -0.3 is 10.1 Å². The summed E-state index contributed by atoms with van der Waals surface area (Å²) in [5.41, 5.74) is 4.32. The van der Waals surface area contributed by atoms with Gasteiger partial charge in [-0.2, -0.15) is 0 Å². The second-order valence-corrected chi connectivity index (χ2v) is 11.0. The number of rotatable bonds is 8. The van der Waals surface area contributed by atoms with Crippen molar-refractivity contribution in [3.05, 3.63) is 124 Å². The molecule has 1 aliphatic rings. The van der Waals surface area contributed by atoms with E-state index in [1.54, 1.807) is 7.11 Å². The van der Waals surface area contributed by atoms with E-state index in [2.05, 4.69) is 45.4 Å². The third-order valence-electron chi connectivity index (χ3n) is 7.51. The quantitative estimate of drug-likeness (QED) is 0.203. The van der Waals surface area contributed by atoms with E-state index in [0.717, 1.165) is 70.2 Å². The fourth-order valence-corrected chi connectivity index (χ4v) is 5.64. The van der Waals surface area contributed by atoms with E-state index in [1.807, 2.05) is 66.7 Å². The largest absolute Gasteiger partial charge is 0.497 e. The number of nitrogens with one attached hydrogen (secondary N) is 1. The van der Waals surface area contributed by atoms with Crippen molar-refractivity contribution in [2.75, 3.05) is 38.6 Å².